The molecule has 0 aromatic heterocycles. The second-order valence-electron chi connectivity index (χ2n) is 18.6. The summed E-state index contributed by atoms with van der Waals surface area (Å²) in [5, 5.41) is 0. The summed E-state index contributed by atoms with van der Waals surface area (Å²) < 4.78 is 15.0. The molecule has 0 bridgehead atoms. The monoisotopic (exact) mass is 622 g/mol. The largest absolute Gasteiger partial charge is 0.478 e. The zero-order chi connectivity index (χ0) is 32.8. The van der Waals surface area contributed by atoms with E-state index in [-0.39, 0.29) is 33.2 Å². The summed E-state index contributed by atoms with van der Waals surface area (Å²) in [6.07, 6.45) is 18.2. The molecule has 4 fully saturated rings. The Morgan fingerprint density at radius 2 is 1.72 bits per heavy atom. The molecule has 7 aliphatic rings. The highest BCUT2D eigenvalue weighted by atomic mass is 16.6. The molecule has 1 aromatic rings. The number of hydrogen-bond donors (Lipinski definition) is 0. The summed E-state index contributed by atoms with van der Waals surface area (Å²) in [7, 11) is 0. The van der Waals surface area contributed by atoms with E-state index < -0.39 is 5.60 Å². The first-order chi connectivity index (χ1) is 21.6. The number of fused-ring (bicyclic) bond motifs is 8. The smallest absolute Gasteiger partial charge is 0.170 e. The molecule has 11 atom stereocenters. The van der Waals surface area contributed by atoms with Gasteiger partial charge in [-0.2, -0.15) is 0 Å². The Bertz CT molecular complexity index is 1610. The van der Waals surface area contributed by atoms with E-state index in [2.05, 4.69) is 93.2 Å². The second kappa shape index (κ2) is 9.44. The van der Waals surface area contributed by atoms with Crippen molar-refractivity contribution in [2.75, 3.05) is 0 Å². The number of benzene rings is 1. The third-order valence-corrected chi connectivity index (χ3v) is 16.6. The predicted octanol–water partition coefficient (Wildman–Crippen LogP) is 10.7. The standard InChI is InChI=1S/C43H58O3/c1-25(2)30-12-11-27(4)42-16-15-28(5)43(42,23-30)46-37-29(6)31-13-14-35-39(8,32(31)22-34(37)45-42)18-20-41(10)36-21-26(3)33(44)24-38(36,7)17-19-40(35,41)9/h13-15,22,26-27,30,35-36H,1,11-12,16-21,23-24H2,2-10H3/t26-,27-,30+,35-,36-,38+,39+,40-,41+,42+,43+/m1/s1. The van der Waals surface area contributed by atoms with Gasteiger partial charge in [-0.15, -0.1) is 0 Å². The lowest BCUT2D eigenvalue weighted by Crippen LogP contribution is -2.65. The predicted molar refractivity (Wildman–Crippen MR) is 187 cm³/mol. The van der Waals surface area contributed by atoms with E-state index in [0.29, 0.717) is 29.5 Å². The van der Waals surface area contributed by atoms with E-state index >= 15 is 0 Å². The fourth-order valence-electron chi connectivity index (χ4n) is 13.2. The molecule has 3 heteroatoms. The quantitative estimate of drug-likeness (QED) is 0.292. The maximum atomic E-state index is 13.0. The Morgan fingerprint density at radius 3 is 2.46 bits per heavy atom. The SMILES string of the molecule is C=C(C)[C@H]1CC[C@@H](C)[C@@]23CC=C(C)[C@]2(C1)Oc1c(cc2c(c1C)C=C[C@@H]1[C@@]2(C)CC[C@@]2(C)[C@@H]4C[C@@H](C)C(=O)C[C@]4(C)CC[C@]12C)O3. The molecule has 0 radical (unpaired) electrons. The number of ether oxygens (including phenoxy) is 2. The molecule has 0 N–H and O–H groups in total. The molecule has 0 spiro atoms. The minimum atomic E-state index is -0.448. The van der Waals surface area contributed by atoms with Crippen molar-refractivity contribution >= 4 is 11.9 Å². The van der Waals surface area contributed by atoms with Gasteiger partial charge in [0.25, 0.3) is 0 Å². The molecule has 3 nitrogen and oxygen atoms in total. The molecule has 0 unspecified atom stereocenters. The van der Waals surface area contributed by atoms with Crippen LogP contribution in [-0.4, -0.2) is 17.0 Å². The topological polar surface area (TPSA) is 35.5 Å². The van der Waals surface area contributed by atoms with Gasteiger partial charge >= 0.3 is 0 Å². The molecule has 8 rings (SSSR count). The first-order valence-electron chi connectivity index (χ1n) is 18.6. The molecule has 248 valence electrons. The van der Waals surface area contributed by atoms with E-state index in [4.69, 9.17) is 9.47 Å². The molecule has 4 saturated carbocycles. The molecule has 0 amide bonds. The maximum Gasteiger partial charge on any atom is 0.170 e. The zero-order valence-corrected chi connectivity index (χ0v) is 30.2. The van der Waals surface area contributed by atoms with E-state index in [1.54, 1.807) is 0 Å². The summed E-state index contributed by atoms with van der Waals surface area (Å²) in [5.41, 5.74) is 6.40. The molecule has 1 heterocycles. The van der Waals surface area contributed by atoms with Crippen molar-refractivity contribution in [2.45, 2.75) is 143 Å². The number of ketones is 1. The number of allylic oxidation sites excluding steroid dienone is 2. The first kappa shape index (κ1) is 31.0. The van der Waals surface area contributed by atoms with Gasteiger partial charge in [0.05, 0.1) is 0 Å². The molecule has 0 saturated heterocycles. The fraction of sp³-hybridized carbons (Fsp3) is 0.698. The lowest BCUT2D eigenvalue weighted by molar-refractivity contribution is -0.191. The minimum absolute atomic E-state index is 0.0293. The van der Waals surface area contributed by atoms with Gasteiger partial charge in [-0.05, 0) is 122 Å². The maximum absolute atomic E-state index is 13.0. The van der Waals surface area contributed by atoms with Gasteiger partial charge in [-0.25, -0.2) is 0 Å². The van der Waals surface area contributed by atoms with Crippen LogP contribution in [0.1, 0.15) is 136 Å². The van der Waals surface area contributed by atoms with Crippen molar-refractivity contribution in [1.29, 1.82) is 0 Å². The lowest BCUT2D eigenvalue weighted by Gasteiger charge is -2.70. The average Bonchev–Trinajstić information content (AvgIpc) is 3.21. The number of hydrogen-bond acceptors (Lipinski definition) is 3. The van der Waals surface area contributed by atoms with Crippen LogP contribution in [0.25, 0.3) is 6.08 Å². The summed E-state index contributed by atoms with van der Waals surface area (Å²) in [5.74, 6) is 4.49. The van der Waals surface area contributed by atoms with E-state index in [9.17, 15) is 4.79 Å². The highest BCUT2D eigenvalue weighted by molar-refractivity contribution is 5.82. The summed E-state index contributed by atoms with van der Waals surface area (Å²) in [6.45, 7) is 26.0. The van der Waals surface area contributed by atoms with Gasteiger partial charge in [-0.1, -0.05) is 71.9 Å². The van der Waals surface area contributed by atoms with Crippen LogP contribution in [0.2, 0.25) is 0 Å². The van der Waals surface area contributed by atoms with Gasteiger partial charge < -0.3 is 9.47 Å². The third kappa shape index (κ3) is 3.54. The molecule has 46 heavy (non-hydrogen) atoms. The third-order valence-electron chi connectivity index (χ3n) is 16.6. The van der Waals surface area contributed by atoms with Crippen LogP contribution in [-0.2, 0) is 10.2 Å². The Balaban J connectivity index is 1.23. The molecular weight excluding hydrogens is 564 g/mol. The number of rotatable bonds is 1. The number of carbonyl (C=O) groups excluding carboxylic acids is 1. The van der Waals surface area contributed by atoms with Crippen LogP contribution in [0.4, 0.5) is 0 Å². The summed E-state index contributed by atoms with van der Waals surface area (Å²) in [4.78, 5) is 13.0. The molecule has 1 aliphatic heterocycles. The van der Waals surface area contributed by atoms with Crippen molar-refractivity contribution < 1.29 is 14.3 Å². The Kier molecular flexibility index (Phi) is 6.36. The van der Waals surface area contributed by atoms with E-state index in [0.717, 1.165) is 56.4 Å². The van der Waals surface area contributed by atoms with Crippen molar-refractivity contribution in [1.82, 2.24) is 0 Å². The van der Waals surface area contributed by atoms with Gasteiger partial charge in [0, 0.05) is 42.1 Å². The van der Waals surface area contributed by atoms with Crippen LogP contribution in [0.3, 0.4) is 0 Å². The Hall–Kier alpha value is -2.29. The molecular formula is C43H58O3. The van der Waals surface area contributed by atoms with Crippen LogP contribution in [0.15, 0.2) is 35.9 Å². The summed E-state index contributed by atoms with van der Waals surface area (Å²) in [6, 6.07) is 2.44. The van der Waals surface area contributed by atoms with Crippen LogP contribution < -0.4 is 9.47 Å². The number of Topliss-reactive ketones (excluding diaryl/α,β-unsaturated/α-hetero) is 1. The lowest BCUT2D eigenvalue weighted by atomic mass is 9.34. The van der Waals surface area contributed by atoms with Gasteiger partial charge in [0.15, 0.2) is 22.7 Å². The first-order valence-corrected chi connectivity index (χ1v) is 18.6. The van der Waals surface area contributed by atoms with Crippen molar-refractivity contribution in [3.63, 3.8) is 0 Å². The van der Waals surface area contributed by atoms with Crippen molar-refractivity contribution in [2.24, 2.45) is 45.8 Å². The number of carbonyl (C=O) groups is 1. The van der Waals surface area contributed by atoms with Crippen LogP contribution >= 0.6 is 0 Å². The second-order valence-corrected chi connectivity index (χ2v) is 18.6. The highest BCUT2D eigenvalue weighted by Crippen LogP contribution is 2.74. The highest BCUT2D eigenvalue weighted by Gasteiger charge is 2.69. The normalized spacial score (nSPS) is 48.5. The average molecular weight is 623 g/mol. The fourth-order valence-corrected chi connectivity index (χ4v) is 13.2. The molecule has 6 aliphatic carbocycles. The minimum Gasteiger partial charge on any atom is -0.478 e. The summed E-state index contributed by atoms with van der Waals surface area (Å²) >= 11 is 0. The Morgan fingerprint density at radius 1 is 0.978 bits per heavy atom. The van der Waals surface area contributed by atoms with E-state index in [1.807, 2.05) is 0 Å². The molecule has 1 aromatic carbocycles. The van der Waals surface area contributed by atoms with Gasteiger partial charge in [-0.3, -0.25) is 4.79 Å². The van der Waals surface area contributed by atoms with Crippen LogP contribution in [0.5, 0.6) is 11.5 Å². The van der Waals surface area contributed by atoms with Crippen molar-refractivity contribution in [3.05, 3.63) is 52.6 Å². The van der Waals surface area contributed by atoms with Crippen molar-refractivity contribution in [3.8, 4) is 11.5 Å². The zero-order valence-electron chi connectivity index (χ0n) is 30.2. The van der Waals surface area contributed by atoms with Gasteiger partial charge in [0.1, 0.15) is 5.78 Å². The Labute approximate surface area is 278 Å². The van der Waals surface area contributed by atoms with E-state index in [1.165, 1.54) is 47.1 Å². The van der Waals surface area contributed by atoms with Crippen LogP contribution in [0, 0.1) is 52.8 Å². The van der Waals surface area contributed by atoms with Gasteiger partial charge in [0.2, 0.25) is 0 Å².